The van der Waals surface area contributed by atoms with Crippen molar-refractivity contribution in [3.63, 3.8) is 0 Å². The molecule has 1 unspecified atom stereocenters. The highest BCUT2D eigenvalue weighted by Gasteiger charge is 2.39. The van der Waals surface area contributed by atoms with Gasteiger partial charge in [0.25, 0.3) is 0 Å². The highest BCUT2D eigenvalue weighted by atomic mass is 35.5. The first-order chi connectivity index (χ1) is 21.2. The minimum Gasteiger partial charge on any atom is -0.466 e. The maximum Gasteiger partial charge on any atom is 0.338 e. The average molecular weight is 664 g/mol. The van der Waals surface area contributed by atoms with Crippen molar-refractivity contribution in [3.05, 3.63) is 93.0 Å². The second-order valence-electron chi connectivity index (χ2n) is 9.90. The topological polar surface area (TPSA) is 145 Å². The van der Waals surface area contributed by atoms with Crippen LogP contribution in [0.2, 0.25) is 5.02 Å². The van der Waals surface area contributed by atoms with Crippen LogP contribution in [0.3, 0.4) is 0 Å². The maximum absolute atomic E-state index is 14.6. The zero-order valence-electron chi connectivity index (χ0n) is 23.0. The van der Waals surface area contributed by atoms with Crippen molar-refractivity contribution in [2.75, 3.05) is 20.2 Å². The Bertz CT molecular complexity index is 1850. The molecule has 1 fully saturated rings. The Hall–Kier alpha value is -3.99. The number of carbonyl (C=O) groups excluding carboxylic acids is 1. The number of thiazole rings is 1. The second-order valence-corrected chi connectivity index (χ2v) is 13.1. The normalized spacial score (nSPS) is 18.3. The van der Waals surface area contributed by atoms with Crippen LogP contribution >= 0.6 is 22.9 Å². The molecule has 17 heteroatoms. The van der Waals surface area contributed by atoms with Crippen LogP contribution in [0.15, 0.2) is 74.1 Å². The number of oxazole rings is 1. The summed E-state index contributed by atoms with van der Waals surface area (Å²) in [7, 11) is -2.68. The van der Waals surface area contributed by atoms with Gasteiger partial charge in [0.05, 0.1) is 30.1 Å². The third-order valence-corrected chi connectivity index (χ3v) is 10.4. The highest BCUT2D eigenvalue weighted by Crippen LogP contribution is 2.41. The molecule has 3 aromatic heterocycles. The number of aliphatic imine (C=N–C) groups is 1. The predicted octanol–water partition coefficient (Wildman–Crippen LogP) is 3.93. The number of carbonyl (C=O) groups is 1. The van der Waals surface area contributed by atoms with Crippen LogP contribution in [0.25, 0.3) is 0 Å². The fraction of sp³-hybridized carbons (Fsp3) is 0.296. The van der Waals surface area contributed by atoms with Gasteiger partial charge in [0.1, 0.15) is 23.7 Å². The maximum atomic E-state index is 14.6. The molecule has 4 aromatic rings. The number of ether oxygens (including phenoxy) is 1. The monoisotopic (exact) mass is 663 g/mol. The van der Waals surface area contributed by atoms with E-state index in [4.69, 9.17) is 20.8 Å². The van der Waals surface area contributed by atoms with E-state index in [1.165, 1.54) is 58.4 Å². The standard InChI is InChI=1S/C27H24ClF2N7O5S2/c1-41-27(38)20-23(34-25(26-32-7-11-43-26)35-24(20)17-2-3-18(29)22(30)21(17)28)15-4-8-37(9-5-15)44(39,40)16-12-33-36(13-16)14-19-31-6-10-42-19/h2-3,6-7,10-13,15,24H,4-5,8-9,14H2,1H3,(H,34,35). The highest BCUT2D eigenvalue weighted by molar-refractivity contribution is 7.89. The van der Waals surface area contributed by atoms with Gasteiger partial charge in [0.2, 0.25) is 15.9 Å². The molecule has 230 valence electrons. The molecule has 6 rings (SSSR count). The predicted molar refractivity (Wildman–Crippen MR) is 154 cm³/mol. The van der Waals surface area contributed by atoms with Gasteiger partial charge >= 0.3 is 5.97 Å². The van der Waals surface area contributed by atoms with Crippen molar-refractivity contribution in [2.24, 2.45) is 10.9 Å². The van der Waals surface area contributed by atoms with Crippen molar-refractivity contribution >= 4 is 44.8 Å². The fourth-order valence-corrected chi connectivity index (χ4v) is 7.48. The van der Waals surface area contributed by atoms with Crippen LogP contribution in [0.4, 0.5) is 8.78 Å². The first-order valence-electron chi connectivity index (χ1n) is 13.3. The molecule has 1 aromatic carbocycles. The molecule has 2 aliphatic heterocycles. The van der Waals surface area contributed by atoms with Gasteiger partial charge in [-0.15, -0.1) is 11.3 Å². The number of methoxy groups -OCH3 is 1. The first kappa shape index (κ1) is 30.1. The third kappa shape index (κ3) is 5.65. The van der Waals surface area contributed by atoms with Gasteiger partial charge in [-0.2, -0.15) is 9.40 Å². The number of amidine groups is 1. The number of hydrogen-bond donors (Lipinski definition) is 1. The molecule has 12 nitrogen and oxygen atoms in total. The summed E-state index contributed by atoms with van der Waals surface area (Å²) in [5.41, 5.74) is 0.564. The average Bonchev–Trinajstić information content (AvgIpc) is 3.84. The summed E-state index contributed by atoms with van der Waals surface area (Å²) in [6.07, 6.45) is 7.84. The molecule has 1 atom stereocenters. The lowest BCUT2D eigenvalue weighted by Crippen LogP contribution is -2.43. The van der Waals surface area contributed by atoms with E-state index in [1.54, 1.807) is 11.6 Å². The van der Waals surface area contributed by atoms with Crippen LogP contribution < -0.4 is 5.32 Å². The van der Waals surface area contributed by atoms with E-state index in [0.717, 1.165) is 6.07 Å². The van der Waals surface area contributed by atoms with Crippen molar-refractivity contribution in [1.29, 1.82) is 0 Å². The van der Waals surface area contributed by atoms with Gasteiger partial charge in [-0.3, -0.25) is 9.67 Å². The summed E-state index contributed by atoms with van der Waals surface area (Å²) >= 11 is 7.53. The molecule has 0 amide bonds. The van der Waals surface area contributed by atoms with Gasteiger partial charge in [-0.25, -0.2) is 32.0 Å². The number of benzene rings is 1. The van der Waals surface area contributed by atoms with Crippen LogP contribution in [0.5, 0.6) is 0 Å². The Morgan fingerprint density at radius 2 is 2.02 bits per heavy atom. The SMILES string of the molecule is COC(=O)C1=C(C2CCN(S(=O)(=O)c3cnn(Cc4ncco4)c3)CC2)NC(c2nccs2)=NC1c1ccc(F)c(F)c1Cl. The van der Waals surface area contributed by atoms with Gasteiger partial charge in [-0.05, 0) is 18.9 Å². The first-order valence-corrected chi connectivity index (χ1v) is 16.0. The second kappa shape index (κ2) is 12.2. The summed E-state index contributed by atoms with van der Waals surface area (Å²) in [6, 6.07) is 1.05. The minimum atomic E-state index is -3.88. The summed E-state index contributed by atoms with van der Waals surface area (Å²) in [5, 5.41) is 9.08. The van der Waals surface area contributed by atoms with Crippen LogP contribution in [0.1, 0.15) is 35.3 Å². The van der Waals surface area contributed by atoms with E-state index in [0.29, 0.717) is 35.3 Å². The van der Waals surface area contributed by atoms with Crippen molar-refractivity contribution in [3.8, 4) is 0 Å². The van der Waals surface area contributed by atoms with Crippen LogP contribution in [-0.2, 0) is 26.1 Å². The van der Waals surface area contributed by atoms with Gasteiger partial charge in [-0.1, -0.05) is 17.7 Å². The molecule has 0 saturated carbocycles. The van der Waals surface area contributed by atoms with Crippen molar-refractivity contribution in [2.45, 2.75) is 30.3 Å². The fourth-order valence-electron chi connectivity index (χ4n) is 5.22. The lowest BCUT2D eigenvalue weighted by molar-refractivity contribution is -0.136. The molecule has 5 heterocycles. The molecule has 2 aliphatic rings. The van der Waals surface area contributed by atoms with Crippen LogP contribution in [0, 0.1) is 17.6 Å². The Kier molecular flexibility index (Phi) is 8.32. The Morgan fingerprint density at radius 3 is 2.70 bits per heavy atom. The summed E-state index contributed by atoms with van der Waals surface area (Å²) < 4.78 is 68.6. The summed E-state index contributed by atoms with van der Waals surface area (Å²) in [5.74, 6) is -2.80. The molecular weight excluding hydrogens is 640 g/mol. The summed E-state index contributed by atoms with van der Waals surface area (Å²) in [6.45, 7) is 0.447. The van der Waals surface area contributed by atoms with E-state index >= 15 is 0 Å². The lowest BCUT2D eigenvalue weighted by Gasteiger charge is -2.36. The molecule has 0 spiro atoms. The van der Waals surface area contributed by atoms with Crippen molar-refractivity contribution < 1.29 is 31.1 Å². The molecular formula is C27H24ClF2N7O5S2. The molecule has 1 saturated heterocycles. The smallest absolute Gasteiger partial charge is 0.338 e. The largest absolute Gasteiger partial charge is 0.466 e. The molecule has 1 N–H and O–H groups in total. The number of nitrogens with one attached hydrogen (secondary N) is 1. The Labute approximate surface area is 259 Å². The van der Waals surface area contributed by atoms with Gasteiger partial charge < -0.3 is 14.5 Å². The number of halogens is 3. The minimum absolute atomic E-state index is 0.0268. The van der Waals surface area contributed by atoms with E-state index in [9.17, 15) is 22.0 Å². The zero-order chi connectivity index (χ0) is 31.0. The van der Waals surface area contributed by atoms with Gasteiger partial charge in [0, 0.05) is 48.0 Å². The van der Waals surface area contributed by atoms with E-state index in [2.05, 4.69) is 25.4 Å². The third-order valence-electron chi connectivity index (χ3n) is 7.36. The molecule has 0 radical (unpaired) electrons. The number of sulfonamides is 1. The number of allylic oxidation sites excluding steroid dienone is 1. The van der Waals surface area contributed by atoms with E-state index in [1.807, 2.05) is 0 Å². The number of hydrogen-bond acceptors (Lipinski definition) is 11. The molecule has 0 bridgehead atoms. The number of esters is 1. The lowest BCUT2D eigenvalue weighted by atomic mass is 9.86. The zero-order valence-corrected chi connectivity index (χ0v) is 25.4. The molecule has 44 heavy (non-hydrogen) atoms. The molecule has 0 aliphatic carbocycles. The Balaban J connectivity index is 1.30. The van der Waals surface area contributed by atoms with Crippen molar-refractivity contribution in [1.82, 2.24) is 29.4 Å². The number of nitrogens with zero attached hydrogens (tertiary/aromatic N) is 6. The number of aromatic nitrogens is 4. The quantitative estimate of drug-likeness (QED) is 0.219. The van der Waals surface area contributed by atoms with Gasteiger partial charge in [0.15, 0.2) is 22.5 Å². The van der Waals surface area contributed by atoms with E-state index < -0.39 is 38.7 Å². The Morgan fingerprint density at radius 1 is 1.23 bits per heavy atom. The number of rotatable bonds is 8. The summed E-state index contributed by atoms with van der Waals surface area (Å²) in [4.78, 5) is 26.2. The number of piperidine rings is 1. The van der Waals surface area contributed by atoms with Crippen LogP contribution in [-0.4, -0.2) is 64.5 Å². The van der Waals surface area contributed by atoms with E-state index in [-0.39, 0.29) is 41.6 Å².